The van der Waals surface area contributed by atoms with Crippen molar-refractivity contribution in [2.45, 2.75) is 6.92 Å². The van der Waals surface area contributed by atoms with Crippen LogP contribution in [0.15, 0.2) is 24.4 Å². The molecule has 0 atom stereocenters. The Morgan fingerprint density at radius 3 is 3.00 bits per heavy atom. The zero-order chi connectivity index (χ0) is 8.55. The van der Waals surface area contributed by atoms with E-state index in [-0.39, 0.29) is 0 Å². The van der Waals surface area contributed by atoms with Crippen LogP contribution in [-0.2, 0) is 0 Å². The molecule has 2 rings (SSSR count). The zero-order valence-corrected chi connectivity index (χ0v) is 8.74. The number of aromatic nitrogens is 2. The molecule has 0 unspecified atom stereocenters. The Bertz CT molecular complexity index is 426. The maximum Gasteiger partial charge on any atom is 0.131 e. The Morgan fingerprint density at radius 2 is 2.17 bits per heavy atom. The number of hydrogen-bond donors (Lipinski definition) is 0. The van der Waals surface area contributed by atoms with Crippen molar-refractivity contribution < 1.29 is 0 Å². The fourth-order valence-electron chi connectivity index (χ4n) is 1.17. The van der Waals surface area contributed by atoms with Crippen LogP contribution in [0.5, 0.6) is 0 Å². The molecule has 2 aromatic rings. The fourth-order valence-corrected chi connectivity index (χ4v) is 1.79. The number of rotatable bonds is 0. The molecule has 1 heterocycles. The Kier molecular flexibility index (Phi) is 1.96. The highest BCUT2D eigenvalue weighted by molar-refractivity contribution is 14.1. The Balaban J connectivity index is 2.86. The summed E-state index contributed by atoms with van der Waals surface area (Å²) in [6, 6.07) is 6.29. The van der Waals surface area contributed by atoms with E-state index in [1.807, 2.05) is 0 Å². The van der Waals surface area contributed by atoms with Crippen LogP contribution in [0.3, 0.4) is 0 Å². The monoisotopic (exact) mass is 270 g/mol. The first-order valence-electron chi connectivity index (χ1n) is 3.65. The summed E-state index contributed by atoms with van der Waals surface area (Å²) in [4.78, 5) is 0. The smallest absolute Gasteiger partial charge is 0.131 e. The van der Waals surface area contributed by atoms with Crippen LogP contribution in [-0.4, -0.2) is 10.2 Å². The van der Waals surface area contributed by atoms with Crippen LogP contribution in [0.1, 0.15) is 5.56 Å². The van der Waals surface area contributed by atoms with Gasteiger partial charge in [-0.1, -0.05) is 17.7 Å². The van der Waals surface area contributed by atoms with Crippen LogP contribution in [0.25, 0.3) is 10.8 Å². The highest BCUT2D eigenvalue weighted by Gasteiger charge is 1.98. The van der Waals surface area contributed by atoms with Gasteiger partial charge in [0.05, 0.1) is 6.20 Å². The molecule has 0 saturated heterocycles. The molecule has 0 N–H and O–H groups in total. The van der Waals surface area contributed by atoms with Crippen LogP contribution in [0.4, 0.5) is 0 Å². The summed E-state index contributed by atoms with van der Waals surface area (Å²) >= 11 is 2.20. The second-order valence-corrected chi connectivity index (χ2v) is 3.75. The predicted octanol–water partition coefficient (Wildman–Crippen LogP) is 2.54. The number of aryl methyl sites for hydroxylation is 1. The number of hydrogen-bond acceptors (Lipinski definition) is 2. The molecule has 0 spiro atoms. The quantitative estimate of drug-likeness (QED) is 0.687. The van der Waals surface area contributed by atoms with Gasteiger partial charge in [0, 0.05) is 10.8 Å². The standard InChI is InChI=1S/C9H7IN2/c1-6-2-3-8-7(4-6)5-11-12-9(8)10/h2-5H,1H3. The molecule has 0 saturated carbocycles. The summed E-state index contributed by atoms with van der Waals surface area (Å²) in [5, 5.41) is 10.2. The maximum atomic E-state index is 3.97. The van der Waals surface area contributed by atoms with Gasteiger partial charge in [-0.25, -0.2) is 0 Å². The van der Waals surface area contributed by atoms with Crippen LogP contribution in [0.2, 0.25) is 0 Å². The number of benzene rings is 1. The van der Waals surface area contributed by atoms with Crippen LogP contribution < -0.4 is 0 Å². The Labute approximate surface area is 84.1 Å². The largest absolute Gasteiger partial charge is 0.157 e. The van der Waals surface area contributed by atoms with Crippen molar-refractivity contribution in [1.29, 1.82) is 0 Å². The van der Waals surface area contributed by atoms with Gasteiger partial charge in [-0.15, -0.1) is 5.10 Å². The second kappa shape index (κ2) is 2.97. The molecule has 0 aliphatic carbocycles. The zero-order valence-electron chi connectivity index (χ0n) is 6.58. The third kappa shape index (κ3) is 1.29. The van der Waals surface area contributed by atoms with Crippen molar-refractivity contribution in [3.63, 3.8) is 0 Å². The van der Waals surface area contributed by atoms with Gasteiger partial charge in [-0.3, -0.25) is 0 Å². The summed E-state index contributed by atoms with van der Waals surface area (Å²) in [6.45, 7) is 2.08. The molecule has 0 fully saturated rings. The molecule has 12 heavy (non-hydrogen) atoms. The molecule has 0 aliphatic heterocycles. The molecule has 0 radical (unpaired) electrons. The van der Waals surface area contributed by atoms with Gasteiger partial charge in [0.25, 0.3) is 0 Å². The van der Waals surface area contributed by atoms with E-state index in [0.29, 0.717) is 0 Å². The van der Waals surface area contributed by atoms with Crippen molar-refractivity contribution in [2.75, 3.05) is 0 Å². The van der Waals surface area contributed by atoms with Gasteiger partial charge in [-0.05, 0) is 35.6 Å². The average Bonchev–Trinajstić information content (AvgIpc) is 2.04. The fraction of sp³-hybridized carbons (Fsp3) is 0.111. The van der Waals surface area contributed by atoms with Crippen molar-refractivity contribution in [2.24, 2.45) is 0 Å². The summed E-state index contributed by atoms with van der Waals surface area (Å²) in [5.74, 6) is 0. The highest BCUT2D eigenvalue weighted by atomic mass is 127. The lowest BCUT2D eigenvalue weighted by Crippen LogP contribution is -1.87. The minimum absolute atomic E-state index is 0.963. The second-order valence-electron chi connectivity index (χ2n) is 2.73. The Morgan fingerprint density at radius 1 is 1.33 bits per heavy atom. The number of fused-ring (bicyclic) bond motifs is 1. The summed E-state index contributed by atoms with van der Waals surface area (Å²) in [7, 11) is 0. The first-order valence-corrected chi connectivity index (χ1v) is 4.73. The van der Waals surface area contributed by atoms with E-state index in [1.54, 1.807) is 6.20 Å². The summed E-state index contributed by atoms with van der Waals surface area (Å²) in [5.41, 5.74) is 1.26. The topological polar surface area (TPSA) is 25.8 Å². The summed E-state index contributed by atoms with van der Waals surface area (Å²) < 4.78 is 0.963. The lowest BCUT2D eigenvalue weighted by molar-refractivity contribution is 1.02. The van der Waals surface area contributed by atoms with Crippen LogP contribution in [0, 0.1) is 10.6 Å². The first kappa shape index (κ1) is 7.91. The van der Waals surface area contributed by atoms with E-state index < -0.39 is 0 Å². The van der Waals surface area contributed by atoms with Gasteiger partial charge in [0.15, 0.2) is 0 Å². The minimum Gasteiger partial charge on any atom is -0.157 e. The predicted molar refractivity (Wildman–Crippen MR) is 57.0 cm³/mol. The highest BCUT2D eigenvalue weighted by Crippen LogP contribution is 2.18. The number of halogens is 1. The van der Waals surface area contributed by atoms with Crippen molar-refractivity contribution in [3.05, 3.63) is 33.7 Å². The molecular weight excluding hydrogens is 263 g/mol. The van der Waals surface area contributed by atoms with Gasteiger partial charge < -0.3 is 0 Å². The Hall–Kier alpha value is -0.710. The number of nitrogens with zero attached hydrogens (tertiary/aromatic N) is 2. The SMILES string of the molecule is Cc1ccc2c(I)nncc2c1. The lowest BCUT2D eigenvalue weighted by Gasteiger charge is -1.98. The van der Waals surface area contributed by atoms with Gasteiger partial charge >= 0.3 is 0 Å². The van der Waals surface area contributed by atoms with E-state index in [2.05, 4.69) is 57.9 Å². The third-order valence-electron chi connectivity index (χ3n) is 1.77. The molecule has 1 aromatic heterocycles. The van der Waals surface area contributed by atoms with Gasteiger partial charge in [0.1, 0.15) is 3.70 Å². The summed E-state index contributed by atoms with van der Waals surface area (Å²) in [6.07, 6.45) is 1.80. The van der Waals surface area contributed by atoms with E-state index in [0.717, 1.165) is 9.09 Å². The first-order chi connectivity index (χ1) is 5.77. The molecule has 2 nitrogen and oxygen atoms in total. The molecular formula is C9H7IN2. The van der Waals surface area contributed by atoms with E-state index in [1.165, 1.54) is 10.9 Å². The van der Waals surface area contributed by atoms with E-state index in [4.69, 9.17) is 0 Å². The molecule has 1 aromatic carbocycles. The lowest BCUT2D eigenvalue weighted by atomic mass is 10.1. The van der Waals surface area contributed by atoms with Crippen molar-refractivity contribution in [3.8, 4) is 0 Å². The molecule has 0 bridgehead atoms. The van der Waals surface area contributed by atoms with Gasteiger partial charge in [0.2, 0.25) is 0 Å². The maximum absolute atomic E-state index is 3.97. The van der Waals surface area contributed by atoms with Crippen molar-refractivity contribution >= 4 is 33.4 Å². The average molecular weight is 270 g/mol. The third-order valence-corrected chi connectivity index (χ3v) is 2.57. The molecule has 0 amide bonds. The molecule has 3 heteroatoms. The van der Waals surface area contributed by atoms with E-state index in [9.17, 15) is 0 Å². The molecule has 0 aliphatic rings. The molecule has 60 valence electrons. The normalized spacial score (nSPS) is 10.5. The van der Waals surface area contributed by atoms with E-state index >= 15 is 0 Å². The minimum atomic E-state index is 0.963. The van der Waals surface area contributed by atoms with Crippen LogP contribution >= 0.6 is 22.6 Å². The van der Waals surface area contributed by atoms with Crippen molar-refractivity contribution in [1.82, 2.24) is 10.2 Å². The van der Waals surface area contributed by atoms with Gasteiger partial charge in [-0.2, -0.15) is 5.10 Å².